The Morgan fingerprint density at radius 3 is 1.35 bits per heavy atom. The van der Waals surface area contributed by atoms with Gasteiger partial charge in [-0.2, -0.15) is 0 Å². The van der Waals surface area contributed by atoms with E-state index in [9.17, 15) is 19.8 Å². The van der Waals surface area contributed by atoms with Crippen LogP contribution in [-0.4, -0.2) is 47.4 Å². The Morgan fingerprint density at radius 1 is 0.467 bits per heavy atom. The van der Waals surface area contributed by atoms with E-state index in [1.54, 1.807) is 0 Å². The Bertz CT molecular complexity index is 977. The molecular formula is C54H101NO5. The molecule has 352 valence electrons. The lowest BCUT2D eigenvalue weighted by atomic mass is 10.0. The van der Waals surface area contributed by atoms with Crippen molar-refractivity contribution in [2.24, 2.45) is 0 Å². The van der Waals surface area contributed by atoms with Crippen molar-refractivity contribution in [1.82, 2.24) is 5.32 Å². The summed E-state index contributed by atoms with van der Waals surface area (Å²) < 4.78 is 5.45. The molecule has 0 heterocycles. The number of carbonyl (C=O) groups excluding carboxylic acids is 2. The summed E-state index contributed by atoms with van der Waals surface area (Å²) in [6.45, 7) is 4.85. The van der Waals surface area contributed by atoms with Gasteiger partial charge in [-0.05, 0) is 77.0 Å². The van der Waals surface area contributed by atoms with Crippen molar-refractivity contribution in [3.63, 3.8) is 0 Å². The Balaban J connectivity index is 3.46. The summed E-state index contributed by atoms with van der Waals surface area (Å²) in [6, 6.07) is -0.551. The second kappa shape index (κ2) is 49.7. The first kappa shape index (κ1) is 58.1. The van der Waals surface area contributed by atoms with Gasteiger partial charge in [-0.25, -0.2) is 0 Å². The fourth-order valence-corrected chi connectivity index (χ4v) is 7.85. The molecular weight excluding hydrogens is 743 g/mol. The molecule has 6 nitrogen and oxygen atoms in total. The van der Waals surface area contributed by atoms with Crippen molar-refractivity contribution in [3.8, 4) is 0 Å². The lowest BCUT2D eigenvalue weighted by Crippen LogP contribution is -2.45. The number of hydrogen-bond donors (Lipinski definition) is 3. The maximum absolute atomic E-state index is 12.4. The molecule has 0 aromatic carbocycles. The van der Waals surface area contributed by atoms with Crippen molar-refractivity contribution >= 4 is 11.9 Å². The van der Waals surface area contributed by atoms with Gasteiger partial charge in [0, 0.05) is 12.8 Å². The molecule has 0 saturated carbocycles. The molecule has 2 atom stereocenters. The molecule has 0 spiro atoms. The normalized spacial score (nSPS) is 12.9. The Labute approximate surface area is 373 Å². The van der Waals surface area contributed by atoms with Crippen LogP contribution < -0.4 is 5.32 Å². The number of rotatable bonds is 48. The SMILES string of the molecule is CCC/C=C\C/C=C\CCCCCCCC(=O)OCCCCCCCCCCC/C=C\CCCCCCCC(=O)NC(CO)C(O)CCCCCCCCCCCCCC. The lowest BCUT2D eigenvalue weighted by Gasteiger charge is -2.22. The Morgan fingerprint density at radius 2 is 0.867 bits per heavy atom. The summed E-state index contributed by atoms with van der Waals surface area (Å²) in [6.07, 6.45) is 59.7. The number of aliphatic hydroxyl groups excluding tert-OH is 2. The zero-order valence-electron chi connectivity index (χ0n) is 39.9. The minimum absolute atomic E-state index is 0.0130. The van der Waals surface area contributed by atoms with Crippen molar-refractivity contribution in [3.05, 3.63) is 36.5 Å². The molecule has 0 aromatic heterocycles. The standard InChI is InChI=1S/C54H101NO5/c1-3-5-7-9-11-13-15-23-28-32-36-40-44-48-54(59)60-49-45-41-37-33-29-25-22-20-18-17-19-21-24-27-31-35-39-43-47-53(58)55-51(50-56)52(57)46-42-38-34-30-26-16-14-12-10-8-6-4-2/h7,9,13,15,19,21,51-52,56-57H,3-6,8,10-12,14,16-18,20,22-50H2,1-2H3,(H,55,58)/b9-7-,15-13-,21-19-. The number of ether oxygens (including phenoxy) is 1. The van der Waals surface area contributed by atoms with E-state index in [4.69, 9.17) is 4.74 Å². The largest absolute Gasteiger partial charge is 0.466 e. The third-order valence-electron chi connectivity index (χ3n) is 11.9. The highest BCUT2D eigenvalue weighted by molar-refractivity contribution is 5.76. The van der Waals surface area contributed by atoms with Crippen LogP contribution in [0.5, 0.6) is 0 Å². The average Bonchev–Trinajstić information content (AvgIpc) is 3.25. The number of aliphatic hydroxyl groups is 2. The topological polar surface area (TPSA) is 95.9 Å². The summed E-state index contributed by atoms with van der Waals surface area (Å²) in [5.41, 5.74) is 0. The minimum Gasteiger partial charge on any atom is -0.466 e. The molecule has 1 amide bonds. The predicted octanol–water partition coefficient (Wildman–Crippen LogP) is 15.7. The summed E-state index contributed by atoms with van der Waals surface area (Å²) in [7, 11) is 0. The van der Waals surface area contributed by atoms with E-state index in [-0.39, 0.29) is 18.5 Å². The van der Waals surface area contributed by atoms with Crippen LogP contribution >= 0.6 is 0 Å². The molecule has 0 saturated heterocycles. The van der Waals surface area contributed by atoms with Crippen molar-refractivity contribution in [2.75, 3.05) is 13.2 Å². The summed E-state index contributed by atoms with van der Waals surface area (Å²) in [4.78, 5) is 24.4. The van der Waals surface area contributed by atoms with Crippen LogP contribution in [-0.2, 0) is 14.3 Å². The number of hydrogen-bond acceptors (Lipinski definition) is 5. The van der Waals surface area contributed by atoms with Crippen molar-refractivity contribution < 1.29 is 24.5 Å². The third-order valence-corrected chi connectivity index (χ3v) is 11.9. The number of nitrogens with one attached hydrogen (secondary N) is 1. The van der Waals surface area contributed by atoms with Gasteiger partial charge in [0.05, 0.1) is 25.4 Å². The van der Waals surface area contributed by atoms with Gasteiger partial charge in [-0.1, -0.05) is 217 Å². The summed E-state index contributed by atoms with van der Waals surface area (Å²) in [5.74, 6) is -0.0639. The third kappa shape index (κ3) is 45.6. The summed E-state index contributed by atoms with van der Waals surface area (Å²) in [5, 5.41) is 23.2. The fourth-order valence-electron chi connectivity index (χ4n) is 7.85. The average molecular weight is 844 g/mol. The van der Waals surface area contributed by atoms with Crippen LogP contribution in [0.25, 0.3) is 0 Å². The van der Waals surface area contributed by atoms with Gasteiger partial charge in [0.1, 0.15) is 0 Å². The number of amides is 1. The molecule has 3 N–H and O–H groups in total. The first-order valence-electron chi connectivity index (χ1n) is 26.2. The van der Waals surface area contributed by atoms with E-state index in [2.05, 4.69) is 55.6 Å². The van der Waals surface area contributed by atoms with Crippen LogP contribution in [0, 0.1) is 0 Å². The zero-order valence-corrected chi connectivity index (χ0v) is 39.9. The van der Waals surface area contributed by atoms with Crippen LogP contribution in [0.3, 0.4) is 0 Å². The molecule has 0 bridgehead atoms. The van der Waals surface area contributed by atoms with E-state index in [0.717, 1.165) is 70.6 Å². The molecule has 2 unspecified atom stereocenters. The number of allylic oxidation sites excluding steroid dienone is 6. The van der Waals surface area contributed by atoms with E-state index >= 15 is 0 Å². The van der Waals surface area contributed by atoms with Gasteiger partial charge >= 0.3 is 5.97 Å². The van der Waals surface area contributed by atoms with Gasteiger partial charge in [0.25, 0.3) is 0 Å². The van der Waals surface area contributed by atoms with Gasteiger partial charge in [-0.15, -0.1) is 0 Å². The van der Waals surface area contributed by atoms with Gasteiger partial charge in [0.15, 0.2) is 0 Å². The van der Waals surface area contributed by atoms with Crippen molar-refractivity contribution in [2.45, 2.75) is 283 Å². The van der Waals surface area contributed by atoms with Crippen LogP contribution in [0.1, 0.15) is 271 Å². The van der Waals surface area contributed by atoms with Crippen molar-refractivity contribution in [1.29, 1.82) is 0 Å². The second-order valence-electron chi connectivity index (χ2n) is 17.8. The zero-order chi connectivity index (χ0) is 43.7. The van der Waals surface area contributed by atoms with E-state index in [1.807, 2.05) is 0 Å². The monoisotopic (exact) mass is 844 g/mol. The highest BCUT2D eigenvalue weighted by atomic mass is 16.5. The van der Waals surface area contributed by atoms with E-state index in [0.29, 0.717) is 25.9 Å². The Hall–Kier alpha value is -1.92. The minimum atomic E-state index is -0.672. The molecule has 0 aliphatic heterocycles. The second-order valence-corrected chi connectivity index (χ2v) is 17.8. The van der Waals surface area contributed by atoms with E-state index in [1.165, 1.54) is 167 Å². The first-order chi connectivity index (χ1) is 29.5. The van der Waals surface area contributed by atoms with E-state index < -0.39 is 12.1 Å². The number of esters is 1. The molecule has 0 rings (SSSR count). The van der Waals surface area contributed by atoms with Crippen LogP contribution in [0.15, 0.2) is 36.5 Å². The quantitative estimate of drug-likeness (QED) is 0.0322. The summed E-state index contributed by atoms with van der Waals surface area (Å²) >= 11 is 0. The molecule has 0 fully saturated rings. The smallest absolute Gasteiger partial charge is 0.305 e. The molecule has 0 aliphatic rings. The first-order valence-corrected chi connectivity index (χ1v) is 26.2. The molecule has 6 heteroatoms. The molecule has 60 heavy (non-hydrogen) atoms. The maximum atomic E-state index is 12.4. The molecule has 0 aromatic rings. The maximum Gasteiger partial charge on any atom is 0.305 e. The van der Waals surface area contributed by atoms with Gasteiger partial charge in [-0.3, -0.25) is 9.59 Å². The lowest BCUT2D eigenvalue weighted by molar-refractivity contribution is -0.143. The van der Waals surface area contributed by atoms with Crippen LogP contribution in [0.2, 0.25) is 0 Å². The molecule has 0 radical (unpaired) electrons. The van der Waals surface area contributed by atoms with Crippen LogP contribution in [0.4, 0.5) is 0 Å². The number of carbonyl (C=O) groups is 2. The van der Waals surface area contributed by atoms with Gasteiger partial charge < -0.3 is 20.3 Å². The molecule has 0 aliphatic carbocycles. The Kier molecular flexibility index (Phi) is 48.1. The predicted molar refractivity (Wildman–Crippen MR) is 259 cm³/mol. The highest BCUT2D eigenvalue weighted by Crippen LogP contribution is 2.16. The van der Waals surface area contributed by atoms with Gasteiger partial charge in [0.2, 0.25) is 5.91 Å². The number of unbranched alkanes of at least 4 members (excludes halogenated alkanes) is 31. The fraction of sp³-hybridized carbons (Fsp3) is 0.852. The highest BCUT2D eigenvalue weighted by Gasteiger charge is 2.20.